The zero-order valence-corrected chi connectivity index (χ0v) is 15.1. The fourth-order valence-electron chi connectivity index (χ4n) is 3.14. The molecule has 0 aromatic heterocycles. The molecule has 0 bridgehead atoms. The van der Waals surface area contributed by atoms with E-state index < -0.39 is 10.0 Å². The van der Waals surface area contributed by atoms with Gasteiger partial charge in [-0.25, -0.2) is 0 Å². The van der Waals surface area contributed by atoms with E-state index in [-0.39, 0.29) is 10.8 Å². The fraction of sp³-hybridized carbons (Fsp3) is 0.529. The average molecular weight is 365 g/mol. The molecule has 1 amide bonds. The van der Waals surface area contributed by atoms with E-state index in [9.17, 15) is 13.2 Å². The molecule has 0 saturated carbocycles. The summed E-state index contributed by atoms with van der Waals surface area (Å²) < 4.78 is 34.0. The minimum Gasteiger partial charge on any atom is -0.385 e. The number of benzene rings is 1. The quantitative estimate of drug-likeness (QED) is 0.806. The molecule has 1 fully saturated rings. The largest absolute Gasteiger partial charge is 0.385 e. The van der Waals surface area contributed by atoms with E-state index in [1.807, 2.05) is 4.90 Å². The number of hydrogen-bond donors (Lipinski definition) is 1. The van der Waals surface area contributed by atoms with Crippen molar-refractivity contribution in [2.75, 3.05) is 31.7 Å². The van der Waals surface area contributed by atoms with Gasteiger partial charge in [-0.2, -0.15) is 8.42 Å². The van der Waals surface area contributed by atoms with Gasteiger partial charge in [-0.1, -0.05) is 6.42 Å². The van der Waals surface area contributed by atoms with Crippen molar-refractivity contribution in [1.29, 1.82) is 0 Å². The molecule has 2 aliphatic heterocycles. The maximum atomic E-state index is 12.6. The molecule has 2 aliphatic rings. The summed E-state index contributed by atoms with van der Waals surface area (Å²) in [6.45, 7) is 1.79. The van der Waals surface area contributed by atoms with Crippen molar-refractivity contribution >= 4 is 27.5 Å². The van der Waals surface area contributed by atoms with Gasteiger partial charge in [-0.15, -0.1) is 4.40 Å². The van der Waals surface area contributed by atoms with E-state index in [2.05, 4.69) is 9.71 Å². The number of methoxy groups -OCH3 is 1. The molecule has 1 aromatic rings. The molecule has 25 heavy (non-hydrogen) atoms. The topological polar surface area (TPSA) is 88.1 Å². The lowest BCUT2D eigenvalue weighted by molar-refractivity contribution is 0.0948. The minimum atomic E-state index is -3.77. The Labute approximate surface area is 148 Å². The molecular formula is C17H23N3O4S. The molecule has 0 unspecified atom stereocenters. The van der Waals surface area contributed by atoms with Gasteiger partial charge in [-0.3, -0.25) is 4.79 Å². The van der Waals surface area contributed by atoms with Gasteiger partial charge in [0.15, 0.2) is 0 Å². The van der Waals surface area contributed by atoms with Crippen LogP contribution in [0.1, 0.15) is 42.5 Å². The van der Waals surface area contributed by atoms with Crippen LogP contribution >= 0.6 is 0 Å². The van der Waals surface area contributed by atoms with E-state index in [0.717, 1.165) is 25.8 Å². The third kappa shape index (κ3) is 3.85. The minimum absolute atomic E-state index is 0.114. The first-order valence-corrected chi connectivity index (χ1v) is 9.99. The second kappa shape index (κ2) is 7.53. The van der Waals surface area contributed by atoms with Crippen molar-refractivity contribution in [2.45, 2.75) is 37.0 Å². The molecule has 0 radical (unpaired) electrons. The van der Waals surface area contributed by atoms with Crippen LogP contribution in [0.4, 0.5) is 5.69 Å². The summed E-state index contributed by atoms with van der Waals surface area (Å²) >= 11 is 0. The number of hydrogen-bond acceptors (Lipinski definition) is 5. The Morgan fingerprint density at radius 2 is 2.16 bits per heavy atom. The van der Waals surface area contributed by atoms with Crippen molar-refractivity contribution in [3.8, 4) is 0 Å². The Kier molecular flexibility index (Phi) is 5.39. The predicted molar refractivity (Wildman–Crippen MR) is 95.7 cm³/mol. The lowest BCUT2D eigenvalue weighted by atomic mass is 10.1. The highest BCUT2D eigenvalue weighted by molar-refractivity contribution is 7.90. The van der Waals surface area contributed by atoms with Crippen LogP contribution in [0.2, 0.25) is 0 Å². The molecule has 3 rings (SSSR count). The number of amides is 1. The van der Waals surface area contributed by atoms with Crippen LogP contribution in [-0.2, 0) is 14.8 Å². The van der Waals surface area contributed by atoms with E-state index in [1.54, 1.807) is 19.2 Å². The SMILES string of the molecule is COCCCNC(=O)c1ccc2c(c1)S(=O)(=O)N=C1CCCCCN12. The Morgan fingerprint density at radius 1 is 1.32 bits per heavy atom. The third-order valence-electron chi connectivity index (χ3n) is 4.42. The highest BCUT2D eigenvalue weighted by atomic mass is 32.2. The second-order valence-electron chi connectivity index (χ2n) is 6.23. The number of sulfonamides is 1. The van der Waals surface area contributed by atoms with Crippen molar-refractivity contribution in [1.82, 2.24) is 5.32 Å². The smallest absolute Gasteiger partial charge is 0.286 e. The van der Waals surface area contributed by atoms with Gasteiger partial charge in [-0.05, 0) is 37.5 Å². The lowest BCUT2D eigenvalue weighted by Crippen LogP contribution is -2.35. The molecule has 0 spiro atoms. The summed E-state index contributed by atoms with van der Waals surface area (Å²) in [5, 5.41) is 2.77. The predicted octanol–water partition coefficient (Wildman–Crippen LogP) is 1.93. The molecule has 0 aliphatic carbocycles. The number of nitrogens with zero attached hydrogens (tertiary/aromatic N) is 2. The number of nitrogens with one attached hydrogen (secondary N) is 1. The summed E-state index contributed by atoms with van der Waals surface area (Å²) in [4.78, 5) is 14.3. The van der Waals surface area contributed by atoms with Crippen LogP contribution in [-0.4, -0.2) is 47.0 Å². The van der Waals surface area contributed by atoms with E-state index >= 15 is 0 Å². The summed E-state index contributed by atoms with van der Waals surface area (Å²) in [6.07, 6.45) is 4.38. The molecular weight excluding hydrogens is 342 g/mol. The van der Waals surface area contributed by atoms with Crippen LogP contribution in [0.15, 0.2) is 27.5 Å². The summed E-state index contributed by atoms with van der Waals surface area (Å²) in [5.74, 6) is 0.321. The van der Waals surface area contributed by atoms with Crippen molar-refractivity contribution in [3.63, 3.8) is 0 Å². The highest BCUT2D eigenvalue weighted by Crippen LogP contribution is 2.34. The van der Waals surface area contributed by atoms with Crippen molar-refractivity contribution in [2.24, 2.45) is 4.40 Å². The summed E-state index contributed by atoms with van der Waals surface area (Å²) in [6, 6.07) is 4.83. The molecule has 1 saturated heterocycles. The maximum absolute atomic E-state index is 12.6. The normalized spacial score (nSPS) is 18.6. The van der Waals surface area contributed by atoms with Crippen LogP contribution in [0.5, 0.6) is 0 Å². The fourth-order valence-corrected chi connectivity index (χ4v) is 4.43. The number of anilines is 1. The van der Waals surface area contributed by atoms with Crippen LogP contribution < -0.4 is 10.2 Å². The Hall–Kier alpha value is -1.93. The Balaban J connectivity index is 1.87. The standard InChI is InChI=1S/C17H23N3O4S/c1-24-11-5-9-18-17(21)13-7-8-14-15(12-13)25(22,23)19-16-6-3-2-4-10-20(14)16/h7-8,12H,2-6,9-11H2,1H3,(H,18,21). The number of fused-ring (bicyclic) bond motifs is 3. The molecule has 2 heterocycles. The average Bonchev–Trinajstić information content (AvgIpc) is 2.83. The van der Waals surface area contributed by atoms with Gasteiger partial charge in [0, 0.05) is 38.8 Å². The van der Waals surface area contributed by atoms with E-state index in [4.69, 9.17) is 4.74 Å². The highest BCUT2D eigenvalue weighted by Gasteiger charge is 2.32. The number of carbonyl (C=O) groups is 1. The molecule has 7 nitrogen and oxygen atoms in total. The number of amidine groups is 1. The molecule has 8 heteroatoms. The third-order valence-corrected chi connectivity index (χ3v) is 5.75. The first kappa shape index (κ1) is 17.9. The van der Waals surface area contributed by atoms with E-state index in [0.29, 0.717) is 43.1 Å². The van der Waals surface area contributed by atoms with Gasteiger partial charge in [0.2, 0.25) is 0 Å². The van der Waals surface area contributed by atoms with E-state index in [1.165, 1.54) is 6.07 Å². The van der Waals surface area contributed by atoms with Gasteiger partial charge in [0.05, 0.1) is 5.69 Å². The van der Waals surface area contributed by atoms with Gasteiger partial charge in [0.25, 0.3) is 15.9 Å². The molecule has 136 valence electrons. The Bertz CT molecular complexity index is 789. The van der Waals surface area contributed by atoms with Gasteiger partial charge in [0.1, 0.15) is 10.7 Å². The summed E-state index contributed by atoms with van der Waals surface area (Å²) in [7, 11) is -2.16. The number of rotatable bonds is 5. The number of ether oxygens (including phenoxy) is 1. The number of carbonyl (C=O) groups excluding carboxylic acids is 1. The lowest BCUT2D eigenvalue weighted by Gasteiger charge is -2.29. The summed E-state index contributed by atoms with van der Waals surface area (Å²) in [5.41, 5.74) is 0.955. The van der Waals surface area contributed by atoms with Crippen LogP contribution in [0.25, 0.3) is 0 Å². The van der Waals surface area contributed by atoms with Crippen LogP contribution in [0, 0.1) is 0 Å². The van der Waals surface area contributed by atoms with Crippen LogP contribution in [0.3, 0.4) is 0 Å². The van der Waals surface area contributed by atoms with Crippen molar-refractivity contribution in [3.05, 3.63) is 23.8 Å². The second-order valence-corrected chi connectivity index (χ2v) is 7.80. The van der Waals surface area contributed by atoms with Crippen molar-refractivity contribution < 1.29 is 17.9 Å². The molecule has 1 aromatic carbocycles. The van der Waals surface area contributed by atoms with Gasteiger partial charge < -0.3 is 15.0 Å². The molecule has 1 N–H and O–H groups in total. The Morgan fingerprint density at radius 3 is 2.96 bits per heavy atom. The monoisotopic (exact) mass is 365 g/mol. The first-order chi connectivity index (χ1) is 12.0. The maximum Gasteiger partial charge on any atom is 0.286 e. The first-order valence-electron chi connectivity index (χ1n) is 8.55. The zero-order chi connectivity index (χ0) is 17.9. The molecule has 0 atom stereocenters. The zero-order valence-electron chi connectivity index (χ0n) is 14.3. The van der Waals surface area contributed by atoms with Gasteiger partial charge >= 0.3 is 0 Å².